The summed E-state index contributed by atoms with van der Waals surface area (Å²) in [6, 6.07) is 6.85. The molecular formula is C21H31ClN2O2. The molecule has 0 aromatic heterocycles. The maximum atomic E-state index is 12.2. The van der Waals surface area contributed by atoms with Crippen molar-refractivity contribution in [1.29, 1.82) is 0 Å². The van der Waals surface area contributed by atoms with Crippen LogP contribution in [0.15, 0.2) is 36.4 Å². The molecule has 4 nitrogen and oxygen atoms in total. The Morgan fingerprint density at radius 2 is 1.81 bits per heavy atom. The van der Waals surface area contributed by atoms with Gasteiger partial charge in [-0.2, -0.15) is 0 Å². The lowest BCUT2D eigenvalue weighted by Gasteiger charge is -2.28. The van der Waals surface area contributed by atoms with E-state index in [1.807, 2.05) is 0 Å². The van der Waals surface area contributed by atoms with Crippen LogP contribution < -0.4 is 4.74 Å². The summed E-state index contributed by atoms with van der Waals surface area (Å²) in [4.78, 5) is 16.0. The van der Waals surface area contributed by atoms with Gasteiger partial charge in [-0.3, -0.25) is 0 Å². The molecule has 2 rings (SSSR count). The Kier molecular flexibility index (Phi) is 8.46. The van der Waals surface area contributed by atoms with Crippen LogP contribution >= 0.6 is 11.6 Å². The molecule has 0 N–H and O–H groups in total. The average Bonchev–Trinajstić information content (AvgIpc) is 2.62. The van der Waals surface area contributed by atoms with Crippen LogP contribution in [-0.4, -0.2) is 50.1 Å². The smallest absolute Gasteiger partial charge is 0.410 e. The highest BCUT2D eigenvalue weighted by atomic mass is 35.5. The summed E-state index contributed by atoms with van der Waals surface area (Å²) >= 11 is 5.84. The van der Waals surface area contributed by atoms with Crippen molar-refractivity contribution in [2.24, 2.45) is 11.8 Å². The normalized spacial score (nSPS) is 20.5. The zero-order valence-electron chi connectivity index (χ0n) is 16.2. The van der Waals surface area contributed by atoms with Gasteiger partial charge in [-0.05, 0) is 82.3 Å². The molecule has 1 aromatic carbocycles. The lowest BCUT2D eigenvalue weighted by molar-refractivity contribution is 0.157. The molecule has 0 heterocycles. The fourth-order valence-electron chi connectivity index (χ4n) is 3.28. The number of carbonyl (C=O) groups is 1. The number of ether oxygens (including phenoxy) is 1. The SMILES string of the molecule is CN(C)CC=C[C@H]1CC[C@H](CCN(C)C(=O)Oc2ccc(Cl)cc2)CC1. The third-order valence-electron chi connectivity index (χ3n) is 4.97. The number of halogens is 1. The molecular weight excluding hydrogens is 348 g/mol. The van der Waals surface area contributed by atoms with E-state index in [-0.39, 0.29) is 6.09 Å². The number of hydrogen-bond acceptors (Lipinski definition) is 3. The first kappa shape index (κ1) is 20.8. The van der Waals surface area contributed by atoms with Gasteiger partial charge in [-0.1, -0.05) is 23.8 Å². The van der Waals surface area contributed by atoms with E-state index in [2.05, 4.69) is 31.1 Å². The molecule has 0 bridgehead atoms. The number of nitrogens with zero attached hydrogens (tertiary/aromatic N) is 2. The molecule has 0 saturated heterocycles. The van der Waals surface area contributed by atoms with Gasteiger partial charge in [0.05, 0.1) is 0 Å². The highest BCUT2D eigenvalue weighted by Gasteiger charge is 2.21. The van der Waals surface area contributed by atoms with Crippen molar-refractivity contribution in [3.63, 3.8) is 0 Å². The van der Waals surface area contributed by atoms with E-state index in [0.29, 0.717) is 16.7 Å². The van der Waals surface area contributed by atoms with Crippen molar-refractivity contribution < 1.29 is 9.53 Å². The van der Waals surface area contributed by atoms with E-state index in [0.717, 1.165) is 25.4 Å². The molecule has 26 heavy (non-hydrogen) atoms. The standard InChI is InChI=1S/C21H31ClN2O2/c1-23(2)15-4-5-17-6-8-18(9-7-17)14-16-24(3)21(25)26-20-12-10-19(22)11-13-20/h4-5,10-13,17-18H,6-9,14-16H2,1-3H3/t17-,18-. The Hall–Kier alpha value is -1.52. The molecule has 1 aromatic rings. The van der Waals surface area contributed by atoms with E-state index in [4.69, 9.17) is 16.3 Å². The van der Waals surface area contributed by atoms with Gasteiger partial charge < -0.3 is 14.5 Å². The maximum absolute atomic E-state index is 12.2. The minimum Gasteiger partial charge on any atom is -0.410 e. The van der Waals surface area contributed by atoms with Gasteiger partial charge in [-0.15, -0.1) is 0 Å². The summed E-state index contributed by atoms with van der Waals surface area (Å²) in [6.45, 7) is 1.75. The monoisotopic (exact) mass is 378 g/mol. The summed E-state index contributed by atoms with van der Waals surface area (Å²) in [7, 11) is 5.99. The Morgan fingerprint density at radius 1 is 1.15 bits per heavy atom. The zero-order valence-corrected chi connectivity index (χ0v) is 16.9. The van der Waals surface area contributed by atoms with Crippen LogP contribution in [0.1, 0.15) is 32.1 Å². The van der Waals surface area contributed by atoms with Crippen molar-refractivity contribution >= 4 is 17.7 Å². The highest BCUT2D eigenvalue weighted by Crippen LogP contribution is 2.31. The topological polar surface area (TPSA) is 32.8 Å². The average molecular weight is 379 g/mol. The molecule has 144 valence electrons. The molecule has 0 radical (unpaired) electrons. The molecule has 0 aliphatic heterocycles. The van der Waals surface area contributed by atoms with Gasteiger partial charge in [0, 0.05) is 25.2 Å². The Labute approximate surface area is 162 Å². The number of carbonyl (C=O) groups excluding carboxylic acids is 1. The zero-order chi connectivity index (χ0) is 18.9. The second-order valence-corrected chi connectivity index (χ2v) is 7.94. The number of benzene rings is 1. The first-order chi connectivity index (χ1) is 12.4. The molecule has 0 unspecified atom stereocenters. The fourth-order valence-corrected chi connectivity index (χ4v) is 3.41. The molecule has 0 spiro atoms. The number of likely N-dealkylation sites (N-methyl/N-ethyl adjacent to an activating group) is 1. The fraction of sp³-hybridized carbons (Fsp3) is 0.571. The van der Waals surface area contributed by atoms with Gasteiger partial charge in [-0.25, -0.2) is 4.79 Å². The van der Waals surface area contributed by atoms with Gasteiger partial charge in [0.25, 0.3) is 0 Å². The van der Waals surface area contributed by atoms with Crippen LogP contribution in [0.2, 0.25) is 5.02 Å². The van der Waals surface area contributed by atoms with Crippen LogP contribution in [0, 0.1) is 11.8 Å². The first-order valence-corrected chi connectivity index (χ1v) is 9.81. The predicted molar refractivity (Wildman–Crippen MR) is 108 cm³/mol. The lowest BCUT2D eigenvalue weighted by atomic mass is 9.80. The number of rotatable bonds is 7. The second kappa shape index (κ2) is 10.6. The van der Waals surface area contributed by atoms with E-state index in [1.165, 1.54) is 25.7 Å². The lowest BCUT2D eigenvalue weighted by Crippen LogP contribution is -2.32. The first-order valence-electron chi connectivity index (χ1n) is 9.44. The molecule has 5 heteroatoms. The predicted octanol–water partition coefficient (Wildman–Crippen LogP) is 5.08. The molecule has 0 atom stereocenters. The third-order valence-corrected chi connectivity index (χ3v) is 5.23. The quantitative estimate of drug-likeness (QED) is 0.620. The van der Waals surface area contributed by atoms with Crippen LogP contribution in [0.25, 0.3) is 0 Å². The van der Waals surface area contributed by atoms with Gasteiger partial charge >= 0.3 is 6.09 Å². The summed E-state index contributed by atoms with van der Waals surface area (Å²) in [5.74, 6) is 1.95. The van der Waals surface area contributed by atoms with Crippen LogP contribution in [0.3, 0.4) is 0 Å². The highest BCUT2D eigenvalue weighted by molar-refractivity contribution is 6.30. The van der Waals surface area contributed by atoms with Gasteiger partial charge in [0.2, 0.25) is 0 Å². The Balaban J connectivity index is 1.66. The van der Waals surface area contributed by atoms with Crippen molar-refractivity contribution in [3.8, 4) is 5.75 Å². The van der Waals surface area contributed by atoms with Crippen molar-refractivity contribution in [1.82, 2.24) is 9.80 Å². The minimum absolute atomic E-state index is 0.312. The summed E-state index contributed by atoms with van der Waals surface area (Å²) in [6.07, 6.45) is 10.4. The molecule has 1 fully saturated rings. The number of allylic oxidation sites excluding steroid dienone is 1. The van der Waals surface area contributed by atoms with E-state index in [9.17, 15) is 4.79 Å². The largest absolute Gasteiger partial charge is 0.414 e. The minimum atomic E-state index is -0.312. The summed E-state index contributed by atoms with van der Waals surface area (Å²) in [5.41, 5.74) is 0. The van der Waals surface area contributed by atoms with Crippen LogP contribution in [0.5, 0.6) is 5.75 Å². The van der Waals surface area contributed by atoms with Crippen molar-refractivity contribution in [3.05, 3.63) is 41.4 Å². The van der Waals surface area contributed by atoms with E-state index in [1.54, 1.807) is 36.2 Å². The van der Waals surface area contributed by atoms with E-state index < -0.39 is 0 Å². The van der Waals surface area contributed by atoms with Crippen molar-refractivity contribution in [2.75, 3.05) is 34.2 Å². The number of amides is 1. The molecule has 1 amide bonds. The summed E-state index contributed by atoms with van der Waals surface area (Å²) in [5, 5.41) is 0.630. The molecule has 1 aliphatic carbocycles. The number of hydrogen-bond donors (Lipinski definition) is 0. The molecule has 1 saturated carbocycles. The molecule has 1 aliphatic rings. The Morgan fingerprint density at radius 3 is 2.42 bits per heavy atom. The third kappa shape index (κ3) is 7.38. The van der Waals surface area contributed by atoms with Gasteiger partial charge in [0.15, 0.2) is 0 Å². The maximum Gasteiger partial charge on any atom is 0.414 e. The second-order valence-electron chi connectivity index (χ2n) is 7.50. The Bertz CT molecular complexity index is 578. The van der Waals surface area contributed by atoms with Crippen molar-refractivity contribution in [2.45, 2.75) is 32.1 Å². The van der Waals surface area contributed by atoms with E-state index >= 15 is 0 Å². The van der Waals surface area contributed by atoms with Crippen LogP contribution in [0.4, 0.5) is 4.79 Å². The van der Waals surface area contributed by atoms with Crippen LogP contribution in [-0.2, 0) is 0 Å². The summed E-state index contributed by atoms with van der Waals surface area (Å²) < 4.78 is 5.37. The van der Waals surface area contributed by atoms with Gasteiger partial charge in [0.1, 0.15) is 5.75 Å².